The Bertz CT molecular complexity index is 342. The van der Waals surface area contributed by atoms with Crippen LogP contribution in [0.15, 0.2) is 24.3 Å². The molecule has 0 spiro atoms. The van der Waals surface area contributed by atoms with E-state index in [-0.39, 0.29) is 5.82 Å². The number of rotatable bonds is 3. The molecule has 94 valence electrons. The van der Waals surface area contributed by atoms with Crippen molar-refractivity contribution in [3.05, 3.63) is 35.6 Å². The highest BCUT2D eigenvalue weighted by Crippen LogP contribution is 2.28. The van der Waals surface area contributed by atoms with Gasteiger partial charge in [0.15, 0.2) is 0 Å². The van der Waals surface area contributed by atoms with E-state index >= 15 is 0 Å². The zero-order valence-corrected chi connectivity index (χ0v) is 10.6. The van der Waals surface area contributed by atoms with E-state index in [2.05, 4.69) is 24.1 Å². The number of hydrogen-bond donors (Lipinski definition) is 1. The Kier molecular flexibility index (Phi) is 4.13. The molecule has 1 saturated heterocycles. The Morgan fingerprint density at radius 2 is 1.71 bits per heavy atom. The van der Waals surface area contributed by atoms with E-state index in [9.17, 15) is 4.39 Å². The third-order valence-corrected chi connectivity index (χ3v) is 3.39. The van der Waals surface area contributed by atoms with Crippen LogP contribution in [0.25, 0.3) is 0 Å². The summed E-state index contributed by atoms with van der Waals surface area (Å²) in [4.78, 5) is 2.49. The molecule has 3 heteroatoms. The molecule has 1 aromatic rings. The van der Waals surface area contributed by atoms with Gasteiger partial charge in [-0.2, -0.15) is 0 Å². The zero-order valence-electron chi connectivity index (χ0n) is 10.6. The Labute approximate surface area is 103 Å². The Balaban J connectivity index is 2.18. The minimum Gasteiger partial charge on any atom is -0.314 e. The first-order valence-electron chi connectivity index (χ1n) is 6.38. The largest absolute Gasteiger partial charge is 0.314 e. The van der Waals surface area contributed by atoms with Crippen molar-refractivity contribution < 1.29 is 4.39 Å². The van der Waals surface area contributed by atoms with Crippen LogP contribution in [0.1, 0.15) is 25.5 Å². The lowest BCUT2D eigenvalue weighted by molar-refractivity contribution is 0.137. The number of hydrogen-bond acceptors (Lipinski definition) is 2. The van der Waals surface area contributed by atoms with Crippen LogP contribution in [-0.4, -0.2) is 31.1 Å². The second-order valence-electron chi connectivity index (χ2n) is 5.03. The third kappa shape index (κ3) is 3.05. The smallest absolute Gasteiger partial charge is 0.123 e. The third-order valence-electron chi connectivity index (χ3n) is 3.39. The second-order valence-corrected chi connectivity index (χ2v) is 5.03. The van der Waals surface area contributed by atoms with Crippen LogP contribution in [0, 0.1) is 11.7 Å². The predicted octanol–water partition coefficient (Wildman–Crippen LogP) is 2.43. The normalized spacial score (nSPS) is 19.5. The van der Waals surface area contributed by atoms with Crippen LogP contribution >= 0.6 is 0 Å². The van der Waals surface area contributed by atoms with E-state index in [4.69, 9.17) is 0 Å². The molecule has 0 amide bonds. The quantitative estimate of drug-likeness (QED) is 0.867. The van der Waals surface area contributed by atoms with Crippen molar-refractivity contribution in [2.24, 2.45) is 5.92 Å². The maximum absolute atomic E-state index is 13.0. The minimum atomic E-state index is -0.156. The van der Waals surface area contributed by atoms with Crippen molar-refractivity contribution in [1.82, 2.24) is 10.2 Å². The van der Waals surface area contributed by atoms with Gasteiger partial charge in [0.2, 0.25) is 0 Å². The molecule has 2 nitrogen and oxygen atoms in total. The number of nitrogens with zero attached hydrogens (tertiary/aromatic N) is 1. The van der Waals surface area contributed by atoms with Crippen molar-refractivity contribution in [2.75, 3.05) is 26.2 Å². The first-order chi connectivity index (χ1) is 8.18. The maximum Gasteiger partial charge on any atom is 0.123 e. The van der Waals surface area contributed by atoms with E-state index < -0.39 is 0 Å². The molecular formula is C14H21FN2. The molecule has 1 aliphatic rings. The Morgan fingerprint density at radius 3 is 2.24 bits per heavy atom. The number of benzene rings is 1. The first kappa shape index (κ1) is 12.5. The van der Waals surface area contributed by atoms with Gasteiger partial charge in [-0.15, -0.1) is 0 Å². The molecule has 0 radical (unpaired) electrons. The van der Waals surface area contributed by atoms with Crippen LogP contribution in [-0.2, 0) is 0 Å². The highest BCUT2D eigenvalue weighted by atomic mass is 19.1. The van der Waals surface area contributed by atoms with E-state index in [1.807, 2.05) is 12.1 Å². The summed E-state index contributed by atoms with van der Waals surface area (Å²) >= 11 is 0. The first-order valence-corrected chi connectivity index (χ1v) is 6.38. The molecule has 1 heterocycles. The van der Waals surface area contributed by atoms with Gasteiger partial charge in [0.05, 0.1) is 0 Å². The van der Waals surface area contributed by atoms with Crippen molar-refractivity contribution in [2.45, 2.75) is 19.9 Å². The van der Waals surface area contributed by atoms with Crippen LogP contribution in [0.2, 0.25) is 0 Å². The molecule has 0 saturated carbocycles. The summed E-state index contributed by atoms with van der Waals surface area (Å²) in [6, 6.07) is 7.36. The number of nitrogens with one attached hydrogen (secondary N) is 1. The fourth-order valence-corrected chi connectivity index (χ4v) is 2.64. The molecular weight excluding hydrogens is 215 g/mol. The monoisotopic (exact) mass is 236 g/mol. The van der Waals surface area contributed by atoms with Gasteiger partial charge in [-0.3, -0.25) is 4.90 Å². The zero-order chi connectivity index (χ0) is 12.3. The maximum atomic E-state index is 13.0. The fourth-order valence-electron chi connectivity index (χ4n) is 2.64. The summed E-state index contributed by atoms with van der Waals surface area (Å²) in [5.41, 5.74) is 1.23. The molecule has 17 heavy (non-hydrogen) atoms. The fraction of sp³-hybridized carbons (Fsp3) is 0.571. The number of halogens is 1. The van der Waals surface area contributed by atoms with E-state index in [1.54, 1.807) is 12.1 Å². The topological polar surface area (TPSA) is 15.3 Å². The summed E-state index contributed by atoms with van der Waals surface area (Å²) in [6.45, 7) is 8.70. The molecule has 0 bridgehead atoms. The summed E-state index contributed by atoms with van der Waals surface area (Å²) in [6.07, 6.45) is 0. The SMILES string of the molecule is CC(C)C(c1ccc(F)cc1)N1CCNCC1. The van der Waals surface area contributed by atoms with Gasteiger partial charge in [0.1, 0.15) is 5.82 Å². The lowest BCUT2D eigenvalue weighted by Gasteiger charge is -2.37. The van der Waals surface area contributed by atoms with Crippen molar-refractivity contribution in [3.8, 4) is 0 Å². The highest BCUT2D eigenvalue weighted by molar-refractivity contribution is 5.20. The van der Waals surface area contributed by atoms with Gasteiger partial charge in [-0.1, -0.05) is 26.0 Å². The summed E-state index contributed by atoms with van der Waals surface area (Å²) in [7, 11) is 0. The molecule has 1 unspecified atom stereocenters. The molecule has 1 aliphatic heterocycles. The molecule has 0 aromatic heterocycles. The lowest BCUT2D eigenvalue weighted by Crippen LogP contribution is -2.46. The van der Waals surface area contributed by atoms with Crippen LogP contribution in [0.3, 0.4) is 0 Å². The van der Waals surface area contributed by atoms with E-state index in [1.165, 1.54) is 5.56 Å². The Morgan fingerprint density at radius 1 is 1.12 bits per heavy atom. The van der Waals surface area contributed by atoms with Gasteiger partial charge in [0, 0.05) is 32.2 Å². The molecule has 0 aliphatic carbocycles. The van der Waals surface area contributed by atoms with Crippen molar-refractivity contribution >= 4 is 0 Å². The summed E-state index contributed by atoms with van der Waals surface area (Å²) in [5, 5.41) is 3.37. The number of piperazine rings is 1. The van der Waals surface area contributed by atoms with Gasteiger partial charge < -0.3 is 5.32 Å². The molecule has 1 N–H and O–H groups in total. The van der Waals surface area contributed by atoms with Crippen LogP contribution < -0.4 is 5.32 Å². The molecule has 1 atom stereocenters. The minimum absolute atomic E-state index is 0.156. The van der Waals surface area contributed by atoms with Gasteiger partial charge in [-0.05, 0) is 23.6 Å². The van der Waals surface area contributed by atoms with E-state index in [0.29, 0.717) is 12.0 Å². The van der Waals surface area contributed by atoms with Gasteiger partial charge in [-0.25, -0.2) is 4.39 Å². The predicted molar refractivity (Wildman–Crippen MR) is 68.4 cm³/mol. The van der Waals surface area contributed by atoms with Crippen LogP contribution in [0.5, 0.6) is 0 Å². The standard InChI is InChI=1S/C14H21FN2/c1-11(2)14(17-9-7-16-8-10-17)12-3-5-13(15)6-4-12/h3-6,11,14,16H,7-10H2,1-2H3. The van der Waals surface area contributed by atoms with E-state index in [0.717, 1.165) is 26.2 Å². The highest BCUT2D eigenvalue weighted by Gasteiger charge is 2.24. The summed E-state index contributed by atoms with van der Waals surface area (Å²) < 4.78 is 13.0. The second kappa shape index (κ2) is 5.61. The average molecular weight is 236 g/mol. The average Bonchev–Trinajstić information content (AvgIpc) is 2.33. The Hall–Kier alpha value is -0.930. The van der Waals surface area contributed by atoms with Crippen molar-refractivity contribution in [1.29, 1.82) is 0 Å². The molecule has 1 fully saturated rings. The van der Waals surface area contributed by atoms with Crippen LogP contribution in [0.4, 0.5) is 4.39 Å². The van der Waals surface area contributed by atoms with Gasteiger partial charge >= 0.3 is 0 Å². The lowest BCUT2D eigenvalue weighted by atomic mass is 9.94. The molecule has 1 aromatic carbocycles. The van der Waals surface area contributed by atoms with Crippen molar-refractivity contribution in [3.63, 3.8) is 0 Å². The van der Waals surface area contributed by atoms with Gasteiger partial charge in [0.25, 0.3) is 0 Å². The summed E-state index contributed by atoms with van der Waals surface area (Å²) in [5.74, 6) is 0.384. The molecule has 2 rings (SSSR count).